The Morgan fingerprint density at radius 1 is 0.828 bits per heavy atom. The lowest BCUT2D eigenvalue weighted by Crippen LogP contribution is -2.17. The molecule has 2 N–H and O–H groups in total. The molecule has 2 amide bonds. The Labute approximate surface area is 169 Å². The van der Waals surface area contributed by atoms with Gasteiger partial charge in [-0.2, -0.15) is 0 Å². The Bertz CT molecular complexity index is 1110. The van der Waals surface area contributed by atoms with Crippen molar-refractivity contribution in [1.82, 2.24) is 4.98 Å². The molecular formula is C23H21N3O3. The van der Waals surface area contributed by atoms with Gasteiger partial charge in [-0.1, -0.05) is 24.3 Å². The van der Waals surface area contributed by atoms with Crippen LogP contribution in [0.25, 0.3) is 0 Å². The largest absolute Gasteiger partial charge is 0.322 e. The Morgan fingerprint density at radius 3 is 2.38 bits per heavy atom. The van der Waals surface area contributed by atoms with Crippen molar-refractivity contribution >= 4 is 29.0 Å². The van der Waals surface area contributed by atoms with Gasteiger partial charge in [-0.25, -0.2) is 0 Å². The van der Waals surface area contributed by atoms with E-state index in [9.17, 15) is 14.4 Å². The molecule has 0 bridgehead atoms. The van der Waals surface area contributed by atoms with E-state index in [1.165, 1.54) is 19.2 Å². The van der Waals surface area contributed by atoms with Crippen LogP contribution in [-0.4, -0.2) is 22.6 Å². The van der Waals surface area contributed by atoms with Crippen molar-refractivity contribution in [2.75, 3.05) is 10.6 Å². The smallest absolute Gasteiger partial charge is 0.274 e. The highest BCUT2D eigenvalue weighted by Gasteiger charge is 2.14. The molecular weight excluding hydrogens is 366 g/mol. The van der Waals surface area contributed by atoms with Crippen LogP contribution in [0.1, 0.15) is 49.3 Å². The van der Waals surface area contributed by atoms with Gasteiger partial charge in [-0.15, -0.1) is 0 Å². The third kappa shape index (κ3) is 4.93. The lowest BCUT2D eigenvalue weighted by Gasteiger charge is -2.10. The van der Waals surface area contributed by atoms with Crippen molar-refractivity contribution in [3.8, 4) is 0 Å². The molecule has 2 aromatic carbocycles. The minimum Gasteiger partial charge on any atom is -0.322 e. The van der Waals surface area contributed by atoms with Crippen LogP contribution in [0.15, 0.2) is 60.8 Å². The zero-order chi connectivity index (χ0) is 21.0. The standard InChI is InChI=1S/C23H21N3O3/c1-14-7-8-15(2)20(11-14)26-22(28)18-9-10-24-21(13-18)23(29)25-19-6-4-5-17(12-19)16(3)27/h4-13H,1-3H3,(H,25,29)(H,26,28). The maximum atomic E-state index is 12.6. The number of hydrogen-bond acceptors (Lipinski definition) is 4. The highest BCUT2D eigenvalue weighted by Crippen LogP contribution is 2.18. The zero-order valence-electron chi connectivity index (χ0n) is 16.4. The van der Waals surface area contributed by atoms with Crippen molar-refractivity contribution in [2.45, 2.75) is 20.8 Å². The Kier molecular flexibility index (Phi) is 5.83. The maximum absolute atomic E-state index is 12.6. The molecule has 0 aliphatic rings. The maximum Gasteiger partial charge on any atom is 0.274 e. The van der Waals surface area contributed by atoms with Crippen molar-refractivity contribution < 1.29 is 14.4 Å². The molecule has 0 radical (unpaired) electrons. The summed E-state index contributed by atoms with van der Waals surface area (Å²) in [5.74, 6) is -0.884. The second-order valence-corrected chi connectivity index (χ2v) is 6.79. The monoisotopic (exact) mass is 387 g/mol. The van der Waals surface area contributed by atoms with Crippen molar-refractivity contribution in [2.24, 2.45) is 0 Å². The average molecular weight is 387 g/mol. The number of anilines is 2. The number of hydrogen-bond donors (Lipinski definition) is 2. The minimum atomic E-state index is -0.466. The van der Waals surface area contributed by atoms with Gasteiger partial charge in [0.15, 0.2) is 5.78 Å². The van der Waals surface area contributed by atoms with E-state index in [-0.39, 0.29) is 17.4 Å². The topological polar surface area (TPSA) is 88.2 Å². The van der Waals surface area contributed by atoms with Crippen LogP contribution in [0.4, 0.5) is 11.4 Å². The van der Waals surface area contributed by atoms with Crippen LogP contribution in [0, 0.1) is 13.8 Å². The molecule has 0 spiro atoms. The number of aryl methyl sites for hydroxylation is 2. The van der Waals surface area contributed by atoms with Crippen LogP contribution < -0.4 is 10.6 Å². The molecule has 0 saturated carbocycles. The summed E-state index contributed by atoms with van der Waals surface area (Å²) in [5.41, 5.74) is 4.11. The normalized spacial score (nSPS) is 10.3. The second-order valence-electron chi connectivity index (χ2n) is 6.79. The molecule has 6 heteroatoms. The predicted octanol–water partition coefficient (Wildman–Crippen LogP) is 4.41. The van der Waals surface area contributed by atoms with Gasteiger partial charge in [0.1, 0.15) is 5.69 Å². The predicted molar refractivity (Wildman–Crippen MR) is 113 cm³/mol. The fourth-order valence-corrected chi connectivity index (χ4v) is 2.77. The van der Waals surface area contributed by atoms with Gasteiger partial charge in [0, 0.05) is 28.7 Å². The molecule has 0 fully saturated rings. The lowest BCUT2D eigenvalue weighted by molar-refractivity contribution is 0.100. The van der Waals surface area contributed by atoms with Gasteiger partial charge < -0.3 is 10.6 Å². The van der Waals surface area contributed by atoms with Crippen LogP contribution in [0.3, 0.4) is 0 Å². The third-order valence-electron chi connectivity index (χ3n) is 4.42. The third-order valence-corrected chi connectivity index (χ3v) is 4.42. The summed E-state index contributed by atoms with van der Waals surface area (Å²) in [5, 5.41) is 5.57. The number of nitrogens with zero attached hydrogens (tertiary/aromatic N) is 1. The fourth-order valence-electron chi connectivity index (χ4n) is 2.77. The first-order valence-electron chi connectivity index (χ1n) is 9.10. The van der Waals surface area contributed by atoms with Gasteiger partial charge in [0.25, 0.3) is 11.8 Å². The molecule has 3 rings (SSSR count). The summed E-state index contributed by atoms with van der Waals surface area (Å²) >= 11 is 0. The van der Waals surface area contributed by atoms with E-state index < -0.39 is 5.91 Å². The van der Waals surface area contributed by atoms with E-state index in [0.717, 1.165) is 16.8 Å². The quantitative estimate of drug-likeness (QED) is 0.635. The summed E-state index contributed by atoms with van der Waals surface area (Å²) in [4.78, 5) is 40.7. The molecule has 1 aromatic heterocycles. The van der Waals surface area contributed by atoms with Gasteiger partial charge in [-0.3, -0.25) is 19.4 Å². The van der Waals surface area contributed by atoms with Crippen molar-refractivity contribution in [3.05, 3.63) is 88.7 Å². The van der Waals surface area contributed by atoms with Gasteiger partial charge in [-0.05, 0) is 62.2 Å². The number of carbonyl (C=O) groups excluding carboxylic acids is 3. The molecule has 0 atom stereocenters. The number of amides is 2. The number of nitrogens with one attached hydrogen (secondary N) is 2. The van der Waals surface area contributed by atoms with Gasteiger partial charge in [0.2, 0.25) is 0 Å². The van der Waals surface area contributed by atoms with Gasteiger partial charge in [0.05, 0.1) is 0 Å². The van der Waals surface area contributed by atoms with Crippen molar-refractivity contribution in [3.63, 3.8) is 0 Å². The Balaban J connectivity index is 1.77. The highest BCUT2D eigenvalue weighted by molar-refractivity contribution is 6.08. The van der Waals surface area contributed by atoms with Crippen LogP contribution in [0.5, 0.6) is 0 Å². The molecule has 146 valence electrons. The van der Waals surface area contributed by atoms with E-state index >= 15 is 0 Å². The van der Waals surface area contributed by atoms with E-state index in [4.69, 9.17) is 0 Å². The summed E-state index contributed by atoms with van der Waals surface area (Å²) in [6.45, 7) is 5.32. The van der Waals surface area contributed by atoms with Crippen LogP contribution in [0.2, 0.25) is 0 Å². The summed E-state index contributed by atoms with van der Waals surface area (Å²) in [6, 6.07) is 15.4. The second kappa shape index (κ2) is 8.48. The van der Waals surface area contributed by atoms with Crippen LogP contribution >= 0.6 is 0 Å². The van der Waals surface area contributed by atoms with Crippen LogP contribution in [-0.2, 0) is 0 Å². The van der Waals surface area contributed by atoms with E-state index in [0.29, 0.717) is 16.8 Å². The molecule has 6 nitrogen and oxygen atoms in total. The average Bonchev–Trinajstić information content (AvgIpc) is 2.71. The number of rotatable bonds is 5. The molecule has 3 aromatic rings. The first kappa shape index (κ1) is 19.9. The number of pyridine rings is 1. The SMILES string of the molecule is CC(=O)c1cccc(NC(=O)c2cc(C(=O)Nc3cc(C)ccc3C)ccn2)c1. The molecule has 29 heavy (non-hydrogen) atoms. The number of benzene rings is 2. The lowest BCUT2D eigenvalue weighted by atomic mass is 10.1. The molecule has 0 aliphatic heterocycles. The number of ketones is 1. The van der Waals surface area contributed by atoms with E-state index in [2.05, 4.69) is 15.6 Å². The fraction of sp³-hybridized carbons (Fsp3) is 0.130. The molecule has 1 heterocycles. The highest BCUT2D eigenvalue weighted by atomic mass is 16.2. The van der Waals surface area contributed by atoms with Gasteiger partial charge >= 0.3 is 0 Å². The summed E-state index contributed by atoms with van der Waals surface area (Å²) in [6.07, 6.45) is 1.42. The molecule has 0 aliphatic carbocycles. The summed E-state index contributed by atoms with van der Waals surface area (Å²) < 4.78 is 0. The Morgan fingerprint density at radius 2 is 1.62 bits per heavy atom. The van der Waals surface area contributed by atoms with E-state index in [1.807, 2.05) is 32.0 Å². The summed E-state index contributed by atoms with van der Waals surface area (Å²) in [7, 11) is 0. The molecule has 0 unspecified atom stereocenters. The van der Waals surface area contributed by atoms with E-state index in [1.54, 1.807) is 30.3 Å². The number of Topliss-reactive ketones (excluding diaryl/α,β-unsaturated/α-hetero) is 1. The Hall–Kier alpha value is -3.80. The first-order chi connectivity index (χ1) is 13.8. The number of carbonyl (C=O) groups is 3. The first-order valence-corrected chi connectivity index (χ1v) is 9.10. The number of aromatic nitrogens is 1. The van der Waals surface area contributed by atoms with Crippen molar-refractivity contribution in [1.29, 1.82) is 0 Å². The zero-order valence-corrected chi connectivity index (χ0v) is 16.4. The molecule has 0 saturated heterocycles. The minimum absolute atomic E-state index is 0.0932.